The number of hydrogen-bond acceptors (Lipinski definition) is 3. The smallest absolute Gasteiger partial charge is 0.143 e. The minimum absolute atomic E-state index is 0.111. The van der Waals surface area contributed by atoms with Gasteiger partial charge in [0.2, 0.25) is 0 Å². The molecule has 0 atom stereocenters. The summed E-state index contributed by atoms with van der Waals surface area (Å²) in [4.78, 5) is 14.6. The molecule has 0 bridgehead atoms. The number of carbonyl (C=O) groups excluding carboxylic acids is 1. The number of nitrogens with zero attached hydrogens (tertiary/aromatic N) is 1. The molecular formula is C12H22N2O. The standard InChI is InChI=1S/C12H22N2O/c1-14-7-3-10(4-8-14)11(15)12(9-13)5-2-6-12/h10H,2-9,13H2,1H3. The third-order valence-corrected chi connectivity index (χ3v) is 4.31. The molecule has 0 aromatic carbocycles. The summed E-state index contributed by atoms with van der Waals surface area (Å²) in [5.74, 6) is 0.773. The Morgan fingerprint density at radius 1 is 1.40 bits per heavy atom. The number of nitrogens with two attached hydrogens (primary N) is 1. The van der Waals surface area contributed by atoms with Gasteiger partial charge in [0.1, 0.15) is 5.78 Å². The average molecular weight is 210 g/mol. The van der Waals surface area contributed by atoms with Crippen LogP contribution in [0.4, 0.5) is 0 Å². The zero-order valence-electron chi connectivity index (χ0n) is 9.67. The van der Waals surface area contributed by atoms with Crippen LogP contribution in [-0.4, -0.2) is 37.4 Å². The Morgan fingerprint density at radius 2 is 2.00 bits per heavy atom. The Balaban J connectivity index is 1.95. The SMILES string of the molecule is CN1CCC(C(=O)C2(CN)CCC2)CC1. The zero-order valence-corrected chi connectivity index (χ0v) is 9.67. The Bertz CT molecular complexity index is 234. The number of rotatable bonds is 3. The highest BCUT2D eigenvalue weighted by molar-refractivity contribution is 5.88. The summed E-state index contributed by atoms with van der Waals surface area (Å²) < 4.78 is 0. The number of Topliss-reactive ketones (excluding diaryl/α,β-unsaturated/α-hetero) is 1. The van der Waals surface area contributed by atoms with Gasteiger partial charge in [-0.2, -0.15) is 0 Å². The van der Waals surface area contributed by atoms with Crippen molar-refractivity contribution < 1.29 is 4.79 Å². The minimum Gasteiger partial charge on any atom is -0.329 e. The van der Waals surface area contributed by atoms with Gasteiger partial charge in [0, 0.05) is 17.9 Å². The van der Waals surface area contributed by atoms with E-state index in [1.165, 1.54) is 6.42 Å². The molecule has 0 aromatic heterocycles. The number of hydrogen-bond donors (Lipinski definition) is 1. The van der Waals surface area contributed by atoms with Crippen molar-refractivity contribution in [3.63, 3.8) is 0 Å². The van der Waals surface area contributed by atoms with Crippen molar-refractivity contribution in [2.45, 2.75) is 32.1 Å². The maximum Gasteiger partial charge on any atom is 0.143 e. The van der Waals surface area contributed by atoms with Crippen LogP contribution >= 0.6 is 0 Å². The first-order valence-corrected chi connectivity index (χ1v) is 6.11. The summed E-state index contributed by atoms with van der Waals surface area (Å²) in [5, 5.41) is 0. The molecule has 1 heterocycles. The second-order valence-electron chi connectivity index (χ2n) is 5.28. The molecule has 1 saturated carbocycles. The van der Waals surface area contributed by atoms with Crippen LogP contribution in [0.3, 0.4) is 0 Å². The second kappa shape index (κ2) is 4.22. The van der Waals surface area contributed by atoms with Crippen molar-refractivity contribution in [3.8, 4) is 0 Å². The van der Waals surface area contributed by atoms with Crippen LogP contribution in [0.5, 0.6) is 0 Å². The number of ketones is 1. The monoisotopic (exact) mass is 210 g/mol. The van der Waals surface area contributed by atoms with Gasteiger partial charge in [0.15, 0.2) is 0 Å². The molecule has 1 aliphatic heterocycles. The van der Waals surface area contributed by atoms with Crippen molar-refractivity contribution >= 4 is 5.78 Å². The number of likely N-dealkylation sites (tertiary alicyclic amines) is 1. The van der Waals surface area contributed by atoms with Gasteiger partial charge in [0.25, 0.3) is 0 Å². The molecule has 2 aliphatic rings. The van der Waals surface area contributed by atoms with E-state index in [-0.39, 0.29) is 5.41 Å². The van der Waals surface area contributed by atoms with Crippen molar-refractivity contribution in [2.24, 2.45) is 17.1 Å². The molecule has 3 nitrogen and oxygen atoms in total. The number of piperidine rings is 1. The van der Waals surface area contributed by atoms with Gasteiger partial charge in [-0.15, -0.1) is 0 Å². The van der Waals surface area contributed by atoms with E-state index in [1.54, 1.807) is 0 Å². The fraction of sp³-hybridized carbons (Fsp3) is 0.917. The fourth-order valence-corrected chi connectivity index (χ4v) is 2.86. The van der Waals surface area contributed by atoms with Crippen LogP contribution in [0.2, 0.25) is 0 Å². The molecular weight excluding hydrogens is 188 g/mol. The first-order chi connectivity index (χ1) is 7.18. The molecule has 0 amide bonds. The van der Waals surface area contributed by atoms with Gasteiger partial charge in [-0.05, 0) is 45.8 Å². The maximum atomic E-state index is 12.3. The van der Waals surface area contributed by atoms with Crippen LogP contribution in [-0.2, 0) is 4.79 Å². The highest BCUT2D eigenvalue weighted by atomic mass is 16.1. The third kappa shape index (κ3) is 1.95. The van der Waals surface area contributed by atoms with Crippen molar-refractivity contribution in [2.75, 3.05) is 26.7 Å². The molecule has 2 N–H and O–H groups in total. The molecule has 0 spiro atoms. The quantitative estimate of drug-likeness (QED) is 0.756. The van der Waals surface area contributed by atoms with Gasteiger partial charge < -0.3 is 10.6 Å². The van der Waals surface area contributed by atoms with Gasteiger partial charge in [0.05, 0.1) is 0 Å². The fourth-order valence-electron chi connectivity index (χ4n) is 2.86. The Labute approximate surface area is 92.0 Å². The average Bonchev–Trinajstić information content (AvgIpc) is 2.18. The molecule has 2 rings (SSSR count). The largest absolute Gasteiger partial charge is 0.329 e. The summed E-state index contributed by atoms with van der Waals surface area (Å²) >= 11 is 0. The van der Waals surface area contributed by atoms with E-state index in [9.17, 15) is 4.79 Å². The van der Waals surface area contributed by atoms with E-state index >= 15 is 0 Å². The van der Waals surface area contributed by atoms with Gasteiger partial charge in [-0.3, -0.25) is 4.79 Å². The molecule has 0 aromatic rings. The molecule has 0 radical (unpaired) electrons. The molecule has 1 aliphatic carbocycles. The Morgan fingerprint density at radius 3 is 2.40 bits per heavy atom. The molecule has 15 heavy (non-hydrogen) atoms. The first-order valence-electron chi connectivity index (χ1n) is 6.11. The summed E-state index contributed by atoms with van der Waals surface area (Å²) in [5.41, 5.74) is 5.66. The molecule has 3 heteroatoms. The van der Waals surface area contributed by atoms with Gasteiger partial charge in [-0.25, -0.2) is 0 Å². The van der Waals surface area contributed by atoms with E-state index in [0.717, 1.165) is 38.8 Å². The highest BCUT2D eigenvalue weighted by Crippen LogP contribution is 2.43. The van der Waals surface area contributed by atoms with Crippen molar-refractivity contribution in [1.82, 2.24) is 4.90 Å². The highest BCUT2D eigenvalue weighted by Gasteiger charge is 2.45. The molecule has 86 valence electrons. The summed E-state index contributed by atoms with van der Waals surface area (Å²) in [7, 11) is 2.13. The van der Waals surface area contributed by atoms with Gasteiger partial charge >= 0.3 is 0 Å². The van der Waals surface area contributed by atoms with Crippen LogP contribution in [0, 0.1) is 11.3 Å². The van der Waals surface area contributed by atoms with Crippen LogP contribution in [0.1, 0.15) is 32.1 Å². The number of carbonyl (C=O) groups is 1. The molecule has 1 saturated heterocycles. The minimum atomic E-state index is -0.111. The second-order valence-corrected chi connectivity index (χ2v) is 5.28. The van der Waals surface area contributed by atoms with Crippen LogP contribution in [0.25, 0.3) is 0 Å². The van der Waals surface area contributed by atoms with E-state index in [4.69, 9.17) is 5.73 Å². The Kier molecular flexibility index (Phi) is 3.12. The third-order valence-electron chi connectivity index (χ3n) is 4.31. The zero-order chi connectivity index (χ0) is 10.9. The van der Waals surface area contributed by atoms with Gasteiger partial charge in [-0.1, -0.05) is 6.42 Å². The molecule has 2 fully saturated rings. The predicted molar refractivity (Wildman–Crippen MR) is 60.6 cm³/mol. The van der Waals surface area contributed by atoms with E-state index in [2.05, 4.69) is 11.9 Å². The lowest BCUT2D eigenvalue weighted by molar-refractivity contribution is -0.138. The predicted octanol–water partition coefficient (Wildman–Crippen LogP) is 1.03. The summed E-state index contributed by atoms with van der Waals surface area (Å²) in [6.07, 6.45) is 5.34. The van der Waals surface area contributed by atoms with Crippen LogP contribution in [0.15, 0.2) is 0 Å². The lowest BCUT2D eigenvalue weighted by atomic mass is 9.62. The summed E-state index contributed by atoms with van der Waals surface area (Å²) in [6, 6.07) is 0. The van der Waals surface area contributed by atoms with E-state index in [0.29, 0.717) is 18.2 Å². The van der Waals surface area contributed by atoms with E-state index in [1.807, 2.05) is 0 Å². The summed E-state index contributed by atoms with van der Waals surface area (Å²) in [6.45, 7) is 2.70. The lowest BCUT2D eigenvalue weighted by Gasteiger charge is -2.43. The molecule has 0 unspecified atom stereocenters. The van der Waals surface area contributed by atoms with E-state index < -0.39 is 0 Å². The van der Waals surface area contributed by atoms with Crippen LogP contribution < -0.4 is 5.73 Å². The maximum absolute atomic E-state index is 12.3. The van der Waals surface area contributed by atoms with Crippen molar-refractivity contribution in [3.05, 3.63) is 0 Å². The lowest BCUT2D eigenvalue weighted by Crippen LogP contribution is -2.49. The Hall–Kier alpha value is -0.410. The van der Waals surface area contributed by atoms with Crippen molar-refractivity contribution in [1.29, 1.82) is 0 Å². The normalized spacial score (nSPS) is 27.3. The topological polar surface area (TPSA) is 46.3 Å². The first kappa shape index (κ1) is 11.1.